The van der Waals surface area contributed by atoms with Gasteiger partial charge in [-0.25, -0.2) is 4.98 Å². The van der Waals surface area contributed by atoms with E-state index in [1.165, 1.54) is 11.1 Å². The van der Waals surface area contributed by atoms with Crippen molar-refractivity contribution in [3.8, 4) is 0 Å². The number of aromatic nitrogens is 1. The van der Waals surface area contributed by atoms with Crippen molar-refractivity contribution in [3.63, 3.8) is 0 Å². The van der Waals surface area contributed by atoms with Gasteiger partial charge in [-0.3, -0.25) is 0 Å². The van der Waals surface area contributed by atoms with Crippen molar-refractivity contribution in [1.82, 2.24) is 4.98 Å². The molecule has 1 aromatic heterocycles. The molecule has 1 saturated heterocycles. The second-order valence-electron chi connectivity index (χ2n) is 5.72. The van der Waals surface area contributed by atoms with E-state index in [4.69, 9.17) is 22.3 Å². The summed E-state index contributed by atoms with van der Waals surface area (Å²) in [5.41, 5.74) is 10.5. The van der Waals surface area contributed by atoms with Gasteiger partial charge in [0, 0.05) is 30.4 Å². The van der Waals surface area contributed by atoms with Gasteiger partial charge in [0.2, 0.25) is 0 Å². The molecule has 0 radical (unpaired) electrons. The second kappa shape index (κ2) is 6.15. The lowest BCUT2D eigenvalue weighted by Gasteiger charge is -2.23. The molecule has 3 nitrogen and oxygen atoms in total. The molecule has 2 heterocycles. The maximum absolute atomic E-state index is 6.62. The number of pyridine rings is 1. The topological polar surface area (TPSA) is 42.2 Å². The Morgan fingerprint density at radius 1 is 1.50 bits per heavy atom. The maximum atomic E-state index is 6.62. The lowest BCUT2D eigenvalue weighted by molar-refractivity contribution is 0.751. The van der Waals surface area contributed by atoms with Crippen LogP contribution in [0, 0.1) is 13.8 Å². The highest BCUT2D eigenvalue weighted by molar-refractivity contribution is 6.49. The summed E-state index contributed by atoms with van der Waals surface area (Å²) in [7, 11) is 0. The van der Waals surface area contributed by atoms with Gasteiger partial charge in [0.1, 0.15) is 5.82 Å². The molecular formula is C16H24ClN3. The third kappa shape index (κ3) is 2.99. The molecule has 1 unspecified atom stereocenters. The zero-order chi connectivity index (χ0) is 14.9. The minimum absolute atomic E-state index is 0.237. The van der Waals surface area contributed by atoms with Crippen LogP contribution in [0.1, 0.15) is 43.5 Å². The van der Waals surface area contributed by atoms with Gasteiger partial charge in [-0.05, 0) is 45.2 Å². The summed E-state index contributed by atoms with van der Waals surface area (Å²) in [6.45, 7) is 10.2. The average molecular weight is 294 g/mol. The number of hydrogen-bond acceptors (Lipinski definition) is 3. The molecule has 4 heteroatoms. The zero-order valence-corrected chi connectivity index (χ0v) is 13.6. The van der Waals surface area contributed by atoms with Crippen LogP contribution in [0.5, 0.6) is 0 Å². The van der Waals surface area contributed by atoms with Gasteiger partial charge in [0.25, 0.3) is 0 Å². The van der Waals surface area contributed by atoms with Crippen LogP contribution in [0.2, 0.25) is 0 Å². The van der Waals surface area contributed by atoms with Crippen molar-refractivity contribution in [2.45, 2.75) is 46.6 Å². The van der Waals surface area contributed by atoms with E-state index in [0.29, 0.717) is 0 Å². The van der Waals surface area contributed by atoms with E-state index in [1.807, 2.05) is 6.92 Å². The lowest BCUT2D eigenvalue weighted by atomic mass is 10.0. The summed E-state index contributed by atoms with van der Waals surface area (Å²) >= 11 is 6.62. The first kappa shape index (κ1) is 15.3. The first-order valence-electron chi connectivity index (χ1n) is 7.28. The number of halogens is 1. The molecule has 1 fully saturated rings. The predicted molar refractivity (Wildman–Crippen MR) is 87.3 cm³/mol. The summed E-state index contributed by atoms with van der Waals surface area (Å²) in [4.78, 5) is 7.01. The largest absolute Gasteiger partial charge is 0.354 e. The van der Waals surface area contributed by atoms with Crippen LogP contribution in [0.3, 0.4) is 0 Å². The van der Waals surface area contributed by atoms with E-state index in [0.717, 1.165) is 48.0 Å². The van der Waals surface area contributed by atoms with Crippen LogP contribution in [0.4, 0.5) is 5.82 Å². The molecule has 0 bridgehead atoms. The Hall–Kier alpha value is -1.06. The van der Waals surface area contributed by atoms with E-state index in [1.54, 1.807) is 0 Å². The smallest absolute Gasteiger partial charge is 0.137 e. The molecule has 1 aliphatic rings. The SMILES string of the molecule is CC/C(C)=C(\Cl)c1c(C)cc(C)nc1N1CCC(N)C1. The van der Waals surface area contributed by atoms with Crippen LogP contribution in [-0.4, -0.2) is 24.1 Å². The molecule has 0 spiro atoms. The highest BCUT2D eigenvalue weighted by Crippen LogP contribution is 2.35. The Balaban J connectivity index is 2.55. The number of nitrogens with two attached hydrogens (primary N) is 1. The Kier molecular flexibility index (Phi) is 4.71. The van der Waals surface area contributed by atoms with Crippen molar-refractivity contribution >= 4 is 22.5 Å². The van der Waals surface area contributed by atoms with Gasteiger partial charge in [-0.2, -0.15) is 0 Å². The Morgan fingerprint density at radius 2 is 2.20 bits per heavy atom. The van der Waals surface area contributed by atoms with E-state index < -0.39 is 0 Å². The first-order valence-corrected chi connectivity index (χ1v) is 7.66. The second-order valence-corrected chi connectivity index (χ2v) is 6.10. The summed E-state index contributed by atoms with van der Waals surface area (Å²) in [5.74, 6) is 0.994. The van der Waals surface area contributed by atoms with Gasteiger partial charge in [0.15, 0.2) is 0 Å². The van der Waals surface area contributed by atoms with Crippen molar-refractivity contribution < 1.29 is 0 Å². The van der Waals surface area contributed by atoms with Gasteiger partial charge < -0.3 is 10.6 Å². The fourth-order valence-electron chi connectivity index (χ4n) is 2.67. The number of rotatable bonds is 3. The number of anilines is 1. The highest BCUT2D eigenvalue weighted by Gasteiger charge is 2.25. The lowest BCUT2D eigenvalue weighted by Crippen LogP contribution is -2.28. The maximum Gasteiger partial charge on any atom is 0.137 e. The molecule has 0 aromatic carbocycles. The van der Waals surface area contributed by atoms with E-state index in [9.17, 15) is 0 Å². The molecule has 1 aromatic rings. The molecule has 110 valence electrons. The third-order valence-electron chi connectivity index (χ3n) is 3.97. The van der Waals surface area contributed by atoms with Crippen LogP contribution in [0.15, 0.2) is 11.6 Å². The van der Waals surface area contributed by atoms with Crippen molar-refractivity contribution in [1.29, 1.82) is 0 Å². The molecular weight excluding hydrogens is 270 g/mol. The van der Waals surface area contributed by atoms with Gasteiger partial charge in [-0.1, -0.05) is 24.1 Å². The van der Waals surface area contributed by atoms with Crippen molar-refractivity contribution in [2.75, 3.05) is 18.0 Å². The predicted octanol–water partition coefficient (Wildman–Crippen LogP) is 3.62. The molecule has 0 saturated carbocycles. The minimum atomic E-state index is 0.237. The number of allylic oxidation sites excluding steroid dienone is 1. The van der Waals surface area contributed by atoms with Gasteiger partial charge >= 0.3 is 0 Å². The van der Waals surface area contributed by atoms with Gasteiger partial charge in [0.05, 0.1) is 5.03 Å². The number of aryl methyl sites for hydroxylation is 2. The number of nitrogens with zero attached hydrogens (tertiary/aromatic N) is 2. The average Bonchev–Trinajstić information content (AvgIpc) is 2.82. The van der Waals surface area contributed by atoms with Gasteiger partial charge in [-0.15, -0.1) is 0 Å². The number of hydrogen-bond donors (Lipinski definition) is 1. The van der Waals surface area contributed by atoms with Crippen LogP contribution < -0.4 is 10.6 Å². The normalized spacial score (nSPS) is 20.3. The minimum Gasteiger partial charge on any atom is -0.354 e. The molecule has 0 aliphatic carbocycles. The van der Waals surface area contributed by atoms with Crippen molar-refractivity contribution in [3.05, 3.63) is 28.5 Å². The Bertz CT molecular complexity index is 537. The molecule has 0 amide bonds. The molecule has 1 aliphatic heterocycles. The summed E-state index contributed by atoms with van der Waals surface area (Å²) in [5, 5.41) is 0.841. The fourth-order valence-corrected chi connectivity index (χ4v) is 3.03. The van der Waals surface area contributed by atoms with E-state index in [2.05, 4.69) is 31.7 Å². The van der Waals surface area contributed by atoms with Crippen LogP contribution in [0.25, 0.3) is 5.03 Å². The summed E-state index contributed by atoms with van der Waals surface area (Å²) in [6.07, 6.45) is 1.97. The van der Waals surface area contributed by atoms with E-state index >= 15 is 0 Å². The first-order chi connectivity index (χ1) is 9.43. The molecule has 2 rings (SSSR count). The fraction of sp³-hybridized carbons (Fsp3) is 0.562. The Morgan fingerprint density at radius 3 is 2.75 bits per heavy atom. The standard InChI is InChI=1S/C16H24ClN3/c1-5-10(2)15(17)14-11(3)8-12(4)19-16(14)20-7-6-13(18)9-20/h8,13H,5-7,9,18H2,1-4H3/b15-10-. The molecule has 20 heavy (non-hydrogen) atoms. The van der Waals surface area contributed by atoms with E-state index in [-0.39, 0.29) is 6.04 Å². The summed E-state index contributed by atoms with van der Waals surface area (Å²) < 4.78 is 0. The highest BCUT2D eigenvalue weighted by atomic mass is 35.5. The quantitative estimate of drug-likeness (QED) is 0.925. The van der Waals surface area contributed by atoms with Crippen molar-refractivity contribution in [2.24, 2.45) is 5.73 Å². The molecule has 2 N–H and O–H groups in total. The Labute approximate surface area is 126 Å². The zero-order valence-electron chi connectivity index (χ0n) is 12.8. The van der Waals surface area contributed by atoms with Crippen LogP contribution >= 0.6 is 11.6 Å². The monoisotopic (exact) mass is 293 g/mol. The third-order valence-corrected chi connectivity index (χ3v) is 4.49. The summed E-state index contributed by atoms with van der Waals surface area (Å²) in [6, 6.07) is 2.33. The van der Waals surface area contributed by atoms with Crippen LogP contribution in [-0.2, 0) is 0 Å². The molecule has 1 atom stereocenters.